The number of carbonyl (C=O) groups excluding carboxylic acids is 1. The Hall–Kier alpha value is -0.365. The van der Waals surface area contributed by atoms with Crippen LogP contribution in [0.5, 0.6) is 0 Å². The van der Waals surface area contributed by atoms with Crippen molar-refractivity contribution in [2.75, 3.05) is 7.11 Å². The van der Waals surface area contributed by atoms with Crippen LogP contribution in [0.3, 0.4) is 0 Å². The summed E-state index contributed by atoms with van der Waals surface area (Å²) < 4.78 is 18.2. The van der Waals surface area contributed by atoms with E-state index in [2.05, 4.69) is 22.0 Å². The first-order chi connectivity index (χ1) is 10.1. The zero-order valence-corrected chi connectivity index (χ0v) is 16.3. The van der Waals surface area contributed by atoms with Gasteiger partial charge in [0.2, 0.25) is 0 Å². The number of hydrogen-bond donors (Lipinski definition) is 0. The van der Waals surface area contributed by atoms with Crippen LogP contribution in [0.15, 0.2) is 9.85 Å². The zero-order chi connectivity index (χ0) is 16.7. The Labute approximate surface area is 144 Å². The lowest BCUT2D eigenvalue weighted by Gasteiger charge is -2.32. The Morgan fingerprint density at radius 3 is 2.32 bits per heavy atom. The second-order valence-electron chi connectivity index (χ2n) is 6.62. The van der Waals surface area contributed by atoms with E-state index in [0.717, 1.165) is 14.2 Å². The predicted molar refractivity (Wildman–Crippen MR) is 92.2 cm³/mol. The third kappa shape index (κ3) is 3.42. The third-order valence-electron chi connectivity index (χ3n) is 4.46. The summed E-state index contributed by atoms with van der Waals surface area (Å²) in [6, 6.07) is 2.08. The third-order valence-corrected chi connectivity index (χ3v) is 6.72. The lowest BCUT2D eigenvalue weighted by atomic mass is 9.69. The molecule has 7 heteroatoms. The van der Waals surface area contributed by atoms with Crippen LogP contribution in [0.4, 0.5) is 0 Å². The van der Waals surface area contributed by atoms with Crippen molar-refractivity contribution < 1.29 is 18.8 Å². The van der Waals surface area contributed by atoms with Gasteiger partial charge < -0.3 is 14.0 Å². The van der Waals surface area contributed by atoms with Crippen molar-refractivity contribution in [3.63, 3.8) is 0 Å². The number of hydrogen-bond acceptors (Lipinski definition) is 5. The fraction of sp³-hybridized carbons (Fsp3) is 0.667. The topological polar surface area (TPSA) is 44.8 Å². The van der Waals surface area contributed by atoms with Gasteiger partial charge in [0, 0.05) is 10.7 Å². The highest BCUT2D eigenvalue weighted by molar-refractivity contribution is 9.11. The van der Waals surface area contributed by atoms with E-state index in [1.807, 2.05) is 34.6 Å². The number of esters is 1. The van der Waals surface area contributed by atoms with Gasteiger partial charge in [-0.2, -0.15) is 0 Å². The van der Waals surface area contributed by atoms with Crippen LogP contribution in [-0.4, -0.2) is 31.4 Å². The predicted octanol–water partition coefficient (Wildman–Crippen LogP) is 4.10. The van der Waals surface area contributed by atoms with Crippen molar-refractivity contribution in [3.05, 3.63) is 20.3 Å². The van der Waals surface area contributed by atoms with Crippen LogP contribution in [0, 0.1) is 6.92 Å². The summed E-state index contributed by atoms with van der Waals surface area (Å²) >= 11 is 5.15. The van der Waals surface area contributed by atoms with Crippen molar-refractivity contribution in [1.82, 2.24) is 0 Å². The molecule has 0 radical (unpaired) electrons. The molecule has 1 fully saturated rings. The van der Waals surface area contributed by atoms with Gasteiger partial charge >= 0.3 is 13.1 Å². The maximum atomic E-state index is 11.8. The Balaban J connectivity index is 2.32. The van der Waals surface area contributed by atoms with Crippen molar-refractivity contribution in [1.29, 1.82) is 0 Å². The second kappa shape index (κ2) is 6.26. The molecule has 0 N–H and O–H groups in total. The highest BCUT2D eigenvalue weighted by Crippen LogP contribution is 2.44. The molecule has 22 heavy (non-hydrogen) atoms. The number of methoxy groups -OCH3 is 1. The van der Waals surface area contributed by atoms with E-state index >= 15 is 0 Å². The number of carbonyl (C=O) groups is 1. The Kier molecular flexibility index (Phi) is 5.12. The van der Waals surface area contributed by atoms with Gasteiger partial charge in [0.05, 0.1) is 28.5 Å². The van der Waals surface area contributed by atoms with Crippen molar-refractivity contribution in [3.8, 4) is 0 Å². The van der Waals surface area contributed by atoms with Crippen LogP contribution in [-0.2, 0) is 18.8 Å². The summed E-state index contributed by atoms with van der Waals surface area (Å²) in [5, 5.41) is 0. The van der Waals surface area contributed by atoms with E-state index in [1.54, 1.807) is 11.3 Å². The number of rotatable bonds is 4. The minimum absolute atomic E-state index is 0.177. The summed E-state index contributed by atoms with van der Waals surface area (Å²) in [6.07, 6.45) is 0.236. The van der Waals surface area contributed by atoms with Crippen molar-refractivity contribution in [2.24, 2.45) is 0 Å². The van der Waals surface area contributed by atoms with Crippen molar-refractivity contribution in [2.45, 2.75) is 58.1 Å². The van der Waals surface area contributed by atoms with E-state index in [0.29, 0.717) is 0 Å². The molecule has 0 saturated carbocycles. The van der Waals surface area contributed by atoms with Crippen LogP contribution < -0.4 is 0 Å². The average molecular weight is 389 g/mol. The van der Waals surface area contributed by atoms with E-state index in [1.165, 1.54) is 7.11 Å². The van der Waals surface area contributed by atoms with E-state index < -0.39 is 18.3 Å². The molecule has 2 heterocycles. The molecule has 0 aromatic carbocycles. The quantitative estimate of drug-likeness (QED) is 0.575. The van der Waals surface area contributed by atoms with Gasteiger partial charge in [0.25, 0.3) is 0 Å². The number of thiophene rings is 1. The van der Waals surface area contributed by atoms with Crippen molar-refractivity contribution >= 4 is 40.4 Å². The van der Waals surface area contributed by atoms with Crippen LogP contribution in [0.1, 0.15) is 50.4 Å². The van der Waals surface area contributed by atoms with Crippen LogP contribution in [0.2, 0.25) is 0 Å². The summed E-state index contributed by atoms with van der Waals surface area (Å²) in [5.74, 6) is -0.439. The largest absolute Gasteiger partial charge is 0.469 e. The highest BCUT2D eigenvalue weighted by Gasteiger charge is 2.54. The lowest BCUT2D eigenvalue weighted by molar-refractivity contribution is -0.140. The molecule has 2 rings (SSSR count). The molecular weight excluding hydrogens is 367 g/mol. The second-order valence-corrected chi connectivity index (χ2v) is 9.02. The monoisotopic (exact) mass is 388 g/mol. The SMILES string of the molecule is COC(=O)CC(B1OC(C)(C)C(C)(C)O1)c1cc(C)c(Br)s1. The summed E-state index contributed by atoms with van der Waals surface area (Å²) in [6.45, 7) is 10.1. The van der Waals surface area contributed by atoms with Crippen LogP contribution in [0.25, 0.3) is 0 Å². The standard InChI is InChI=1S/C15H22BBrO4S/c1-9-7-11(22-13(9)17)10(8-12(18)19-6)16-20-14(2,3)15(4,5)21-16/h7,10H,8H2,1-6H3. The lowest BCUT2D eigenvalue weighted by Crippen LogP contribution is -2.41. The Morgan fingerprint density at radius 1 is 1.36 bits per heavy atom. The van der Waals surface area contributed by atoms with Gasteiger partial charge in [0.1, 0.15) is 0 Å². The zero-order valence-electron chi connectivity index (χ0n) is 13.9. The minimum atomic E-state index is -0.464. The molecule has 1 aliphatic rings. The Morgan fingerprint density at radius 2 is 1.91 bits per heavy atom. The first kappa shape index (κ1) is 18.0. The maximum Gasteiger partial charge on any atom is 0.467 e. The summed E-state index contributed by atoms with van der Waals surface area (Å²) in [5.41, 5.74) is 0.303. The van der Waals surface area contributed by atoms with E-state index in [4.69, 9.17) is 14.0 Å². The van der Waals surface area contributed by atoms with Gasteiger partial charge in [-0.15, -0.1) is 11.3 Å². The molecule has 1 saturated heterocycles. The smallest absolute Gasteiger partial charge is 0.467 e. The maximum absolute atomic E-state index is 11.8. The molecule has 1 aromatic rings. The van der Waals surface area contributed by atoms with E-state index in [-0.39, 0.29) is 18.2 Å². The molecule has 122 valence electrons. The number of halogens is 1. The molecule has 0 bridgehead atoms. The summed E-state index contributed by atoms with van der Waals surface area (Å²) in [4.78, 5) is 12.9. The molecule has 1 aromatic heterocycles. The fourth-order valence-electron chi connectivity index (χ4n) is 2.31. The normalized spacial score (nSPS) is 21.0. The molecule has 0 amide bonds. The molecule has 1 aliphatic heterocycles. The van der Waals surface area contributed by atoms with Gasteiger partial charge in [-0.05, 0) is 62.2 Å². The molecule has 4 nitrogen and oxygen atoms in total. The number of ether oxygens (including phenoxy) is 1. The fourth-order valence-corrected chi connectivity index (χ4v) is 4.00. The molecule has 0 aliphatic carbocycles. The van der Waals surface area contributed by atoms with E-state index in [9.17, 15) is 4.79 Å². The number of aryl methyl sites for hydroxylation is 1. The van der Waals surface area contributed by atoms with Gasteiger partial charge in [-0.25, -0.2) is 0 Å². The highest BCUT2D eigenvalue weighted by atomic mass is 79.9. The molecular formula is C15H22BBrO4S. The average Bonchev–Trinajstić information content (AvgIpc) is 2.83. The summed E-state index contributed by atoms with van der Waals surface area (Å²) in [7, 11) is 0.938. The molecule has 1 atom stereocenters. The van der Waals surface area contributed by atoms with Crippen LogP contribution >= 0.6 is 27.3 Å². The molecule has 0 spiro atoms. The van der Waals surface area contributed by atoms with Gasteiger partial charge in [0.15, 0.2) is 0 Å². The molecule has 1 unspecified atom stereocenters. The Bertz CT molecular complexity index is 534. The first-order valence-electron chi connectivity index (χ1n) is 7.25. The minimum Gasteiger partial charge on any atom is -0.469 e. The van der Waals surface area contributed by atoms with Gasteiger partial charge in [-0.3, -0.25) is 4.79 Å². The van der Waals surface area contributed by atoms with Gasteiger partial charge in [-0.1, -0.05) is 0 Å². The first-order valence-corrected chi connectivity index (χ1v) is 8.86.